The third kappa shape index (κ3) is 5.23. The van der Waals surface area contributed by atoms with Gasteiger partial charge in [-0.3, -0.25) is 4.79 Å². The van der Waals surface area contributed by atoms with Gasteiger partial charge in [-0.15, -0.1) is 11.3 Å². The summed E-state index contributed by atoms with van der Waals surface area (Å²) in [7, 11) is 3.30. The lowest BCUT2D eigenvalue weighted by Gasteiger charge is -2.26. The summed E-state index contributed by atoms with van der Waals surface area (Å²) in [6.07, 6.45) is 1.23. The van der Waals surface area contributed by atoms with Crippen molar-refractivity contribution in [1.29, 1.82) is 0 Å². The van der Waals surface area contributed by atoms with Crippen molar-refractivity contribution < 1.29 is 19.0 Å². The maximum absolute atomic E-state index is 12.6. The Hall–Kier alpha value is -2.84. The molecule has 1 amide bonds. The molecule has 0 aliphatic carbocycles. The van der Waals surface area contributed by atoms with E-state index in [1.807, 2.05) is 17.0 Å². The minimum atomic E-state index is 0.125. The first kappa shape index (κ1) is 23.3. The molecule has 1 saturated heterocycles. The molecule has 0 bridgehead atoms. The van der Waals surface area contributed by atoms with Crippen LogP contribution in [0.3, 0.4) is 0 Å². The highest BCUT2D eigenvalue weighted by Crippen LogP contribution is 2.30. The number of aromatic nitrogens is 2. The van der Waals surface area contributed by atoms with E-state index >= 15 is 0 Å². The number of rotatable bonds is 8. The van der Waals surface area contributed by atoms with Crippen molar-refractivity contribution in [3.8, 4) is 22.8 Å². The van der Waals surface area contributed by atoms with Gasteiger partial charge in [0.05, 0.1) is 39.5 Å². The van der Waals surface area contributed by atoms with Crippen LogP contribution in [-0.4, -0.2) is 60.9 Å². The molecule has 3 heterocycles. The zero-order valence-electron chi connectivity index (χ0n) is 19.7. The topological polar surface area (TPSA) is 65.8 Å². The van der Waals surface area contributed by atoms with Crippen LogP contribution in [-0.2, 0) is 28.9 Å². The Morgan fingerprint density at radius 3 is 2.61 bits per heavy atom. The van der Waals surface area contributed by atoms with Crippen LogP contribution in [0.15, 0.2) is 29.6 Å². The highest BCUT2D eigenvalue weighted by Gasteiger charge is 2.20. The van der Waals surface area contributed by atoms with Crippen LogP contribution < -0.4 is 9.47 Å². The molecule has 0 radical (unpaired) electrons. The highest BCUT2D eigenvalue weighted by atomic mass is 32.1. The van der Waals surface area contributed by atoms with Gasteiger partial charge in [0.25, 0.3) is 0 Å². The van der Waals surface area contributed by atoms with E-state index < -0.39 is 0 Å². The molecule has 0 saturated carbocycles. The molecule has 8 heteroatoms. The van der Waals surface area contributed by atoms with Gasteiger partial charge in [-0.2, -0.15) is 0 Å². The van der Waals surface area contributed by atoms with Crippen molar-refractivity contribution in [2.45, 2.75) is 33.2 Å². The largest absolute Gasteiger partial charge is 0.493 e. The highest BCUT2D eigenvalue weighted by molar-refractivity contribution is 7.10. The first-order valence-corrected chi connectivity index (χ1v) is 12.1. The van der Waals surface area contributed by atoms with Crippen LogP contribution in [0.2, 0.25) is 0 Å². The fourth-order valence-corrected chi connectivity index (χ4v) is 5.04. The zero-order chi connectivity index (χ0) is 23.4. The Morgan fingerprint density at radius 2 is 1.88 bits per heavy atom. The van der Waals surface area contributed by atoms with Crippen LogP contribution in [0.1, 0.15) is 22.0 Å². The first-order valence-electron chi connectivity index (χ1n) is 11.2. The fraction of sp³-hybridized carbons (Fsp3) is 0.440. The Balaban J connectivity index is 1.45. The van der Waals surface area contributed by atoms with E-state index in [0.29, 0.717) is 32.7 Å². The summed E-state index contributed by atoms with van der Waals surface area (Å²) >= 11 is 1.55. The molecule has 3 aromatic rings. The predicted molar refractivity (Wildman–Crippen MR) is 129 cm³/mol. The third-order valence-corrected chi connectivity index (χ3v) is 6.99. The lowest BCUT2D eigenvalue weighted by Crippen LogP contribution is -2.41. The summed E-state index contributed by atoms with van der Waals surface area (Å²) < 4.78 is 18.4. The van der Waals surface area contributed by atoms with Crippen molar-refractivity contribution in [1.82, 2.24) is 14.5 Å². The number of benzene rings is 1. The quantitative estimate of drug-likeness (QED) is 0.501. The number of thiazole rings is 1. The van der Waals surface area contributed by atoms with Crippen molar-refractivity contribution in [2.24, 2.45) is 0 Å². The molecule has 1 aliphatic heterocycles. The van der Waals surface area contributed by atoms with E-state index in [1.165, 1.54) is 17.0 Å². The molecule has 0 atom stereocenters. The number of nitrogens with zero attached hydrogens (tertiary/aromatic N) is 3. The van der Waals surface area contributed by atoms with E-state index in [2.05, 4.69) is 35.9 Å². The first-order chi connectivity index (χ1) is 16.0. The summed E-state index contributed by atoms with van der Waals surface area (Å²) in [6, 6.07) is 8.25. The van der Waals surface area contributed by atoms with E-state index in [0.717, 1.165) is 40.7 Å². The van der Waals surface area contributed by atoms with Crippen molar-refractivity contribution >= 4 is 17.2 Å². The molecule has 176 valence electrons. The number of amides is 1. The van der Waals surface area contributed by atoms with E-state index in [4.69, 9.17) is 19.2 Å². The summed E-state index contributed by atoms with van der Waals surface area (Å²) in [4.78, 5) is 19.2. The van der Waals surface area contributed by atoms with Crippen LogP contribution in [0.5, 0.6) is 11.5 Å². The van der Waals surface area contributed by atoms with E-state index in [9.17, 15) is 4.79 Å². The van der Waals surface area contributed by atoms with Gasteiger partial charge in [-0.1, -0.05) is 6.07 Å². The summed E-state index contributed by atoms with van der Waals surface area (Å²) in [5.41, 5.74) is 5.64. The minimum absolute atomic E-state index is 0.125. The van der Waals surface area contributed by atoms with Gasteiger partial charge in [-0.05, 0) is 44.0 Å². The van der Waals surface area contributed by atoms with Crippen molar-refractivity contribution in [3.05, 3.63) is 51.6 Å². The predicted octanol–water partition coefficient (Wildman–Crippen LogP) is 3.89. The SMILES string of the molecule is COc1ccc(CCn2c(C)cc(-c3csc(CC(=O)N4CCOCC4)n3)c2C)cc1OC. The molecule has 1 fully saturated rings. The Bertz CT molecular complexity index is 1120. The number of hydrogen-bond acceptors (Lipinski definition) is 6. The third-order valence-electron chi connectivity index (χ3n) is 6.14. The monoisotopic (exact) mass is 469 g/mol. The number of hydrogen-bond donors (Lipinski definition) is 0. The molecular weight excluding hydrogens is 438 g/mol. The number of morpholine rings is 1. The number of ether oxygens (including phenoxy) is 3. The Labute approximate surface area is 198 Å². The molecule has 2 aromatic heterocycles. The molecular formula is C25H31N3O4S. The molecule has 1 aromatic carbocycles. The normalized spacial score (nSPS) is 13.9. The van der Waals surface area contributed by atoms with Crippen molar-refractivity contribution in [2.75, 3.05) is 40.5 Å². The maximum Gasteiger partial charge on any atom is 0.229 e. The zero-order valence-corrected chi connectivity index (χ0v) is 20.5. The average molecular weight is 470 g/mol. The number of carbonyl (C=O) groups excluding carboxylic acids is 1. The van der Waals surface area contributed by atoms with Gasteiger partial charge < -0.3 is 23.7 Å². The van der Waals surface area contributed by atoms with Gasteiger partial charge in [-0.25, -0.2) is 4.98 Å². The van der Waals surface area contributed by atoms with Gasteiger partial charge in [0.2, 0.25) is 5.91 Å². The molecule has 1 aliphatic rings. The second-order valence-electron chi connectivity index (χ2n) is 8.17. The molecule has 0 unspecified atom stereocenters. The summed E-state index contributed by atoms with van der Waals surface area (Å²) in [5, 5.41) is 2.92. The van der Waals surface area contributed by atoms with Crippen LogP contribution in [0.4, 0.5) is 0 Å². The van der Waals surface area contributed by atoms with Crippen LogP contribution >= 0.6 is 11.3 Å². The van der Waals surface area contributed by atoms with E-state index in [1.54, 1.807) is 25.6 Å². The second-order valence-corrected chi connectivity index (χ2v) is 9.11. The van der Waals surface area contributed by atoms with E-state index in [-0.39, 0.29) is 5.91 Å². The number of carbonyl (C=O) groups is 1. The summed E-state index contributed by atoms with van der Waals surface area (Å²) in [5.74, 6) is 1.61. The molecule has 4 rings (SSSR count). The smallest absolute Gasteiger partial charge is 0.229 e. The van der Waals surface area contributed by atoms with Gasteiger partial charge in [0, 0.05) is 42.0 Å². The molecule has 7 nitrogen and oxygen atoms in total. The Kier molecular flexibility index (Phi) is 7.35. The Morgan fingerprint density at radius 1 is 1.12 bits per heavy atom. The molecule has 0 spiro atoms. The summed E-state index contributed by atoms with van der Waals surface area (Å²) in [6.45, 7) is 7.68. The standard InChI is InChI=1S/C25H31N3O4S/c1-17-13-20(21-16-33-24(26-21)15-25(29)27-9-11-32-12-10-27)18(2)28(17)8-7-19-5-6-22(30-3)23(14-19)31-4/h5-6,13-14,16H,7-12,15H2,1-4H3. The lowest BCUT2D eigenvalue weighted by molar-refractivity contribution is -0.134. The molecule has 0 N–H and O–H groups in total. The lowest BCUT2D eigenvalue weighted by atomic mass is 10.1. The van der Waals surface area contributed by atoms with Crippen molar-refractivity contribution in [3.63, 3.8) is 0 Å². The van der Waals surface area contributed by atoms with Gasteiger partial charge in [0.15, 0.2) is 11.5 Å². The average Bonchev–Trinajstić information content (AvgIpc) is 3.41. The fourth-order valence-electron chi connectivity index (χ4n) is 4.25. The second kappa shape index (κ2) is 10.4. The number of methoxy groups -OCH3 is 2. The molecule has 33 heavy (non-hydrogen) atoms. The van der Waals surface area contributed by atoms with Crippen LogP contribution in [0.25, 0.3) is 11.3 Å². The van der Waals surface area contributed by atoms with Gasteiger partial charge >= 0.3 is 0 Å². The minimum Gasteiger partial charge on any atom is -0.493 e. The van der Waals surface area contributed by atoms with Gasteiger partial charge in [0.1, 0.15) is 5.01 Å². The maximum atomic E-state index is 12.6. The van der Waals surface area contributed by atoms with Crippen LogP contribution in [0, 0.1) is 13.8 Å². The number of aryl methyl sites for hydroxylation is 2.